The molecule has 1 aromatic heterocycles. The van der Waals surface area contributed by atoms with Crippen LogP contribution in [0.25, 0.3) is 11.4 Å². The third-order valence-corrected chi connectivity index (χ3v) is 4.12. The number of hydrogen-bond acceptors (Lipinski definition) is 3. The molecular weight excluding hydrogens is 294 g/mol. The van der Waals surface area contributed by atoms with Crippen molar-refractivity contribution in [1.29, 1.82) is 0 Å². The number of aromatic nitrogens is 3. The molecule has 0 bridgehead atoms. The third kappa shape index (κ3) is 1.97. The second-order valence-electron chi connectivity index (χ2n) is 4.61. The summed E-state index contributed by atoms with van der Waals surface area (Å²) in [6.45, 7) is 1.11. The van der Waals surface area contributed by atoms with Crippen molar-refractivity contribution in [3.05, 3.63) is 34.6 Å². The van der Waals surface area contributed by atoms with Crippen molar-refractivity contribution < 1.29 is 5.11 Å². The first kappa shape index (κ1) is 11.9. The molecule has 0 spiro atoms. The van der Waals surface area contributed by atoms with Crippen LogP contribution < -0.4 is 0 Å². The summed E-state index contributed by atoms with van der Waals surface area (Å²) in [4.78, 5) is 0. The van der Waals surface area contributed by atoms with Crippen LogP contribution >= 0.6 is 15.9 Å². The molecule has 0 fully saturated rings. The molecule has 1 aliphatic heterocycles. The van der Waals surface area contributed by atoms with Gasteiger partial charge in [0.25, 0.3) is 0 Å². The first-order chi connectivity index (χ1) is 8.79. The van der Waals surface area contributed by atoms with Gasteiger partial charge in [-0.25, -0.2) is 0 Å². The van der Waals surface area contributed by atoms with Gasteiger partial charge in [0.1, 0.15) is 5.82 Å². The molecule has 0 saturated heterocycles. The Morgan fingerprint density at radius 1 is 1.33 bits per heavy atom. The molecule has 0 saturated carbocycles. The fourth-order valence-electron chi connectivity index (χ4n) is 2.39. The third-order valence-electron chi connectivity index (χ3n) is 3.43. The van der Waals surface area contributed by atoms with E-state index in [4.69, 9.17) is 0 Å². The van der Waals surface area contributed by atoms with E-state index in [0.29, 0.717) is 5.92 Å². The van der Waals surface area contributed by atoms with E-state index in [1.54, 1.807) is 0 Å². The highest BCUT2D eigenvalue weighted by atomic mass is 79.9. The quantitative estimate of drug-likeness (QED) is 0.926. The molecule has 4 nitrogen and oxygen atoms in total. The van der Waals surface area contributed by atoms with E-state index >= 15 is 0 Å². The predicted molar refractivity (Wildman–Crippen MR) is 72.1 cm³/mol. The highest BCUT2D eigenvalue weighted by Crippen LogP contribution is 2.30. The van der Waals surface area contributed by atoms with Gasteiger partial charge in [-0.05, 0) is 18.4 Å². The lowest BCUT2D eigenvalue weighted by Gasteiger charge is -2.21. The van der Waals surface area contributed by atoms with E-state index in [1.165, 1.54) is 0 Å². The Morgan fingerprint density at radius 2 is 2.17 bits per heavy atom. The Morgan fingerprint density at radius 3 is 2.94 bits per heavy atom. The highest BCUT2D eigenvalue weighted by molar-refractivity contribution is 9.10. The van der Waals surface area contributed by atoms with Crippen LogP contribution in [-0.2, 0) is 13.0 Å². The number of benzene rings is 1. The lowest BCUT2D eigenvalue weighted by atomic mass is 9.99. The van der Waals surface area contributed by atoms with Gasteiger partial charge in [0, 0.05) is 29.6 Å². The lowest BCUT2D eigenvalue weighted by molar-refractivity contribution is 0.199. The second kappa shape index (κ2) is 4.82. The molecule has 18 heavy (non-hydrogen) atoms. The Kier molecular flexibility index (Phi) is 3.18. The number of hydrogen-bond donors (Lipinski definition) is 1. The summed E-state index contributed by atoms with van der Waals surface area (Å²) >= 11 is 3.55. The van der Waals surface area contributed by atoms with Gasteiger partial charge in [-0.15, -0.1) is 10.2 Å². The molecule has 2 heterocycles. The SMILES string of the molecule is OCC1CCn2c(nnc2-c2ccccc2Br)C1. The topological polar surface area (TPSA) is 50.9 Å². The van der Waals surface area contributed by atoms with E-state index in [9.17, 15) is 5.11 Å². The van der Waals surface area contributed by atoms with Crippen LogP contribution in [0.1, 0.15) is 12.2 Å². The van der Waals surface area contributed by atoms with Crippen LogP contribution in [-0.4, -0.2) is 26.5 Å². The largest absolute Gasteiger partial charge is 0.396 e. The molecule has 1 unspecified atom stereocenters. The van der Waals surface area contributed by atoms with Gasteiger partial charge >= 0.3 is 0 Å². The van der Waals surface area contributed by atoms with E-state index < -0.39 is 0 Å². The summed E-state index contributed by atoms with van der Waals surface area (Å²) in [5.74, 6) is 2.22. The molecule has 1 atom stereocenters. The fourth-order valence-corrected chi connectivity index (χ4v) is 2.85. The van der Waals surface area contributed by atoms with Crippen molar-refractivity contribution >= 4 is 15.9 Å². The van der Waals surface area contributed by atoms with Crippen LogP contribution in [0.2, 0.25) is 0 Å². The molecular formula is C13H14BrN3O. The molecule has 3 rings (SSSR count). The van der Waals surface area contributed by atoms with Crippen molar-refractivity contribution in [2.75, 3.05) is 6.61 Å². The van der Waals surface area contributed by atoms with Crippen LogP contribution in [0.5, 0.6) is 0 Å². The van der Waals surface area contributed by atoms with Crippen LogP contribution in [0, 0.1) is 5.92 Å². The summed E-state index contributed by atoms with van der Waals surface area (Å²) in [6.07, 6.45) is 1.80. The molecule has 0 aliphatic carbocycles. The van der Waals surface area contributed by atoms with Crippen LogP contribution in [0.15, 0.2) is 28.7 Å². The summed E-state index contributed by atoms with van der Waals surface area (Å²) in [6, 6.07) is 8.04. The van der Waals surface area contributed by atoms with Crippen molar-refractivity contribution in [1.82, 2.24) is 14.8 Å². The number of aliphatic hydroxyl groups is 1. The van der Waals surface area contributed by atoms with Gasteiger partial charge in [0.2, 0.25) is 0 Å². The minimum absolute atomic E-state index is 0.233. The standard InChI is InChI=1S/C13H14BrN3O/c14-11-4-2-1-3-10(11)13-16-15-12-7-9(8-18)5-6-17(12)13/h1-4,9,18H,5-8H2. The molecule has 2 aromatic rings. The van der Waals surface area contributed by atoms with Gasteiger partial charge in [0.05, 0.1) is 0 Å². The van der Waals surface area contributed by atoms with Crippen LogP contribution in [0.3, 0.4) is 0 Å². The van der Waals surface area contributed by atoms with E-state index in [0.717, 1.165) is 41.1 Å². The Labute approximate surface area is 114 Å². The zero-order chi connectivity index (χ0) is 12.5. The molecule has 5 heteroatoms. The maximum atomic E-state index is 9.22. The number of halogens is 1. The monoisotopic (exact) mass is 307 g/mol. The van der Waals surface area contributed by atoms with E-state index in [2.05, 4.69) is 30.7 Å². The summed E-state index contributed by atoms with van der Waals surface area (Å²) < 4.78 is 3.19. The van der Waals surface area contributed by atoms with Gasteiger partial charge in [-0.2, -0.15) is 0 Å². The Bertz CT molecular complexity index is 567. The maximum absolute atomic E-state index is 9.22. The molecule has 0 radical (unpaired) electrons. The molecule has 1 N–H and O–H groups in total. The summed E-state index contributed by atoms with van der Waals surface area (Å²) in [5.41, 5.74) is 1.07. The maximum Gasteiger partial charge on any atom is 0.165 e. The lowest BCUT2D eigenvalue weighted by Crippen LogP contribution is -2.22. The number of aliphatic hydroxyl groups excluding tert-OH is 1. The first-order valence-electron chi connectivity index (χ1n) is 6.07. The Balaban J connectivity index is 2.01. The van der Waals surface area contributed by atoms with Crippen LogP contribution in [0.4, 0.5) is 0 Å². The number of nitrogens with zero attached hydrogens (tertiary/aromatic N) is 3. The van der Waals surface area contributed by atoms with Gasteiger partial charge < -0.3 is 9.67 Å². The highest BCUT2D eigenvalue weighted by Gasteiger charge is 2.23. The second-order valence-corrected chi connectivity index (χ2v) is 5.47. The van der Waals surface area contributed by atoms with Crippen molar-refractivity contribution in [3.8, 4) is 11.4 Å². The normalized spacial score (nSPS) is 18.7. The average molecular weight is 308 g/mol. The van der Waals surface area contributed by atoms with E-state index in [1.807, 2.05) is 24.3 Å². The fraction of sp³-hybridized carbons (Fsp3) is 0.385. The van der Waals surface area contributed by atoms with Gasteiger partial charge in [-0.1, -0.05) is 34.1 Å². The average Bonchev–Trinajstić information content (AvgIpc) is 2.82. The summed E-state index contributed by atoms with van der Waals surface area (Å²) in [7, 11) is 0. The van der Waals surface area contributed by atoms with Crippen molar-refractivity contribution in [2.24, 2.45) is 5.92 Å². The number of fused-ring (bicyclic) bond motifs is 1. The van der Waals surface area contributed by atoms with Crippen molar-refractivity contribution in [3.63, 3.8) is 0 Å². The minimum Gasteiger partial charge on any atom is -0.396 e. The zero-order valence-corrected chi connectivity index (χ0v) is 11.5. The number of rotatable bonds is 2. The molecule has 1 aliphatic rings. The molecule has 0 amide bonds. The minimum atomic E-state index is 0.233. The van der Waals surface area contributed by atoms with Gasteiger partial charge in [0.15, 0.2) is 5.82 Å². The first-order valence-corrected chi connectivity index (χ1v) is 6.86. The molecule has 94 valence electrons. The van der Waals surface area contributed by atoms with E-state index in [-0.39, 0.29) is 6.61 Å². The predicted octanol–water partition coefficient (Wildman–Crippen LogP) is 2.26. The molecule has 1 aromatic carbocycles. The zero-order valence-electron chi connectivity index (χ0n) is 9.88. The van der Waals surface area contributed by atoms with Crippen molar-refractivity contribution in [2.45, 2.75) is 19.4 Å². The Hall–Kier alpha value is -1.20. The smallest absolute Gasteiger partial charge is 0.165 e. The van der Waals surface area contributed by atoms with Gasteiger partial charge in [-0.3, -0.25) is 0 Å². The summed E-state index contributed by atoms with van der Waals surface area (Å²) in [5, 5.41) is 17.8.